The smallest absolute Gasteiger partial charge is 0.300 e. The summed E-state index contributed by atoms with van der Waals surface area (Å²) < 4.78 is 31.5. The van der Waals surface area contributed by atoms with E-state index >= 15 is 0 Å². The van der Waals surface area contributed by atoms with E-state index in [9.17, 15) is 13.2 Å². The summed E-state index contributed by atoms with van der Waals surface area (Å²) in [5, 5.41) is 0.625. The van der Waals surface area contributed by atoms with Gasteiger partial charge >= 0.3 is 0 Å². The van der Waals surface area contributed by atoms with Gasteiger partial charge in [0.1, 0.15) is 0 Å². The number of H-pyrrole nitrogens is 1. The van der Waals surface area contributed by atoms with Crippen LogP contribution in [0.4, 0.5) is 0 Å². The molecule has 1 aromatic heterocycles. The first-order valence-electron chi connectivity index (χ1n) is 5.33. The van der Waals surface area contributed by atoms with Crippen molar-refractivity contribution in [3.05, 3.63) is 39.2 Å². The van der Waals surface area contributed by atoms with Crippen LogP contribution in [0, 0.1) is 20.8 Å². The first-order valence-corrected chi connectivity index (χ1v) is 6.77. The topological polar surface area (TPSA) is 87.2 Å². The number of hydrogen-bond acceptors (Lipinski definition) is 3. The largest absolute Gasteiger partial charge is 0.320 e. The van der Waals surface area contributed by atoms with Crippen molar-refractivity contribution in [2.45, 2.75) is 25.7 Å². The molecule has 1 heterocycles. The van der Waals surface area contributed by atoms with E-state index in [4.69, 9.17) is 4.55 Å². The minimum Gasteiger partial charge on any atom is -0.320 e. The maximum absolute atomic E-state index is 11.7. The highest BCUT2D eigenvalue weighted by Crippen LogP contribution is 2.24. The molecule has 0 saturated heterocycles. The second-order valence-corrected chi connectivity index (χ2v) is 5.75. The lowest BCUT2D eigenvalue weighted by Crippen LogP contribution is -2.19. The van der Waals surface area contributed by atoms with Crippen LogP contribution in [0.5, 0.6) is 0 Å². The van der Waals surface area contributed by atoms with Crippen molar-refractivity contribution in [3.8, 4) is 0 Å². The Morgan fingerprint density at radius 2 is 1.78 bits per heavy atom. The molecule has 0 atom stereocenters. The number of fused-ring (bicyclic) bond motifs is 1. The van der Waals surface area contributed by atoms with Gasteiger partial charge in [0.25, 0.3) is 15.7 Å². The van der Waals surface area contributed by atoms with Crippen LogP contribution in [0.1, 0.15) is 16.7 Å². The zero-order valence-corrected chi connectivity index (χ0v) is 11.1. The van der Waals surface area contributed by atoms with Crippen molar-refractivity contribution in [2.24, 2.45) is 0 Å². The van der Waals surface area contributed by atoms with Gasteiger partial charge in [-0.25, -0.2) is 0 Å². The third kappa shape index (κ3) is 1.93. The quantitative estimate of drug-likeness (QED) is 0.770. The SMILES string of the molecule is Cc1cc(C)c2[nH]c(=O)c(S(=O)(=O)O)c(C)c2c1. The summed E-state index contributed by atoms with van der Waals surface area (Å²) in [6.07, 6.45) is 0. The molecule has 0 aliphatic carbocycles. The van der Waals surface area contributed by atoms with Gasteiger partial charge in [-0.3, -0.25) is 9.35 Å². The van der Waals surface area contributed by atoms with Gasteiger partial charge in [-0.2, -0.15) is 8.42 Å². The van der Waals surface area contributed by atoms with E-state index in [1.165, 1.54) is 6.92 Å². The molecule has 0 spiro atoms. The molecule has 0 unspecified atom stereocenters. The van der Waals surface area contributed by atoms with Gasteiger partial charge in [0, 0.05) is 5.39 Å². The maximum Gasteiger partial charge on any atom is 0.300 e. The number of aromatic amines is 1. The molecule has 2 rings (SSSR count). The van der Waals surface area contributed by atoms with Crippen LogP contribution >= 0.6 is 0 Å². The molecule has 18 heavy (non-hydrogen) atoms. The zero-order chi connectivity index (χ0) is 13.7. The van der Waals surface area contributed by atoms with E-state index in [0.717, 1.165) is 11.1 Å². The zero-order valence-electron chi connectivity index (χ0n) is 10.2. The Hall–Kier alpha value is -1.66. The van der Waals surface area contributed by atoms with Crippen molar-refractivity contribution >= 4 is 21.0 Å². The summed E-state index contributed by atoms with van der Waals surface area (Å²) in [6, 6.07) is 3.67. The number of aromatic nitrogens is 1. The molecule has 0 fully saturated rings. The van der Waals surface area contributed by atoms with E-state index in [1.54, 1.807) is 6.07 Å². The number of benzene rings is 1. The predicted octanol–water partition coefficient (Wildman–Crippen LogP) is 1.70. The van der Waals surface area contributed by atoms with Crippen molar-refractivity contribution in [1.29, 1.82) is 0 Å². The van der Waals surface area contributed by atoms with Crippen LogP contribution in [0.25, 0.3) is 10.9 Å². The van der Waals surface area contributed by atoms with Gasteiger partial charge in [0.05, 0.1) is 5.52 Å². The third-order valence-electron chi connectivity index (χ3n) is 2.93. The molecule has 0 saturated carbocycles. The minimum absolute atomic E-state index is 0.267. The van der Waals surface area contributed by atoms with E-state index in [2.05, 4.69) is 4.98 Å². The molecule has 0 aliphatic rings. The number of rotatable bonds is 1. The van der Waals surface area contributed by atoms with Gasteiger partial charge in [-0.05, 0) is 38.0 Å². The fourth-order valence-electron chi connectivity index (χ4n) is 2.20. The van der Waals surface area contributed by atoms with Gasteiger partial charge in [-0.1, -0.05) is 11.6 Å². The summed E-state index contributed by atoms with van der Waals surface area (Å²) in [4.78, 5) is 13.7. The number of hydrogen-bond donors (Lipinski definition) is 2. The lowest BCUT2D eigenvalue weighted by Gasteiger charge is -2.09. The molecule has 0 bridgehead atoms. The van der Waals surface area contributed by atoms with Crippen molar-refractivity contribution in [3.63, 3.8) is 0 Å². The molecule has 2 N–H and O–H groups in total. The molecular formula is C12H13NO4S. The Bertz CT molecular complexity index is 803. The van der Waals surface area contributed by atoms with Crippen molar-refractivity contribution in [2.75, 3.05) is 0 Å². The predicted molar refractivity (Wildman–Crippen MR) is 68.6 cm³/mol. The average Bonchev–Trinajstić information content (AvgIpc) is 2.18. The summed E-state index contributed by atoms with van der Waals surface area (Å²) >= 11 is 0. The highest BCUT2D eigenvalue weighted by Gasteiger charge is 2.20. The highest BCUT2D eigenvalue weighted by atomic mass is 32.2. The lowest BCUT2D eigenvalue weighted by atomic mass is 10.0. The molecule has 1 aromatic carbocycles. The van der Waals surface area contributed by atoms with Gasteiger partial charge in [0.15, 0.2) is 4.90 Å². The van der Waals surface area contributed by atoms with E-state index in [0.29, 0.717) is 10.9 Å². The maximum atomic E-state index is 11.7. The fraction of sp³-hybridized carbons (Fsp3) is 0.250. The highest BCUT2D eigenvalue weighted by molar-refractivity contribution is 7.85. The Morgan fingerprint density at radius 1 is 1.17 bits per heavy atom. The third-order valence-corrected chi connectivity index (χ3v) is 3.93. The van der Waals surface area contributed by atoms with Crippen molar-refractivity contribution in [1.82, 2.24) is 4.98 Å². The van der Waals surface area contributed by atoms with Gasteiger partial charge in [-0.15, -0.1) is 0 Å². The molecule has 0 radical (unpaired) electrons. The molecular weight excluding hydrogens is 254 g/mol. The average molecular weight is 267 g/mol. The Morgan fingerprint density at radius 3 is 2.33 bits per heavy atom. The van der Waals surface area contributed by atoms with E-state index in [-0.39, 0.29) is 5.56 Å². The second kappa shape index (κ2) is 3.93. The monoisotopic (exact) mass is 267 g/mol. The summed E-state index contributed by atoms with van der Waals surface area (Å²) in [5.74, 6) is 0. The van der Waals surface area contributed by atoms with Crippen molar-refractivity contribution < 1.29 is 13.0 Å². The van der Waals surface area contributed by atoms with Gasteiger partial charge < -0.3 is 4.98 Å². The van der Waals surface area contributed by atoms with Crippen LogP contribution in [0.15, 0.2) is 21.8 Å². The molecule has 2 aromatic rings. The molecule has 0 aliphatic heterocycles. The molecule has 6 heteroatoms. The molecule has 0 amide bonds. The fourth-order valence-corrected chi connectivity index (χ4v) is 2.98. The van der Waals surface area contributed by atoms with Crippen LogP contribution in [0.3, 0.4) is 0 Å². The second-order valence-electron chi connectivity index (χ2n) is 4.39. The number of aryl methyl sites for hydroxylation is 3. The first kappa shape index (κ1) is 12.8. The Kier molecular flexibility index (Phi) is 2.79. The standard InChI is InChI=1S/C12H13NO4S/c1-6-4-7(2)10-9(5-6)8(3)11(12(14)13-10)18(15,16)17/h4-5H,1-3H3,(H,13,14)(H,15,16,17). The molecule has 5 nitrogen and oxygen atoms in total. The normalized spacial score (nSPS) is 12.0. The van der Waals surface area contributed by atoms with Gasteiger partial charge in [0.2, 0.25) is 0 Å². The van der Waals surface area contributed by atoms with E-state index in [1.807, 2.05) is 19.9 Å². The first-order chi connectivity index (χ1) is 8.21. The van der Waals surface area contributed by atoms with Crippen LogP contribution in [-0.2, 0) is 10.1 Å². The summed E-state index contributed by atoms with van der Waals surface area (Å²) in [6.45, 7) is 5.22. The van der Waals surface area contributed by atoms with Crippen LogP contribution < -0.4 is 5.56 Å². The minimum atomic E-state index is -4.53. The van der Waals surface area contributed by atoms with Crippen LogP contribution in [-0.4, -0.2) is 18.0 Å². The molecule has 96 valence electrons. The number of pyridine rings is 1. The van der Waals surface area contributed by atoms with E-state index < -0.39 is 20.6 Å². The number of nitrogens with one attached hydrogen (secondary N) is 1. The Balaban J connectivity index is 3.09. The summed E-state index contributed by atoms with van der Waals surface area (Å²) in [7, 11) is -4.53. The summed E-state index contributed by atoms with van der Waals surface area (Å²) in [5.41, 5.74) is 1.87. The van der Waals surface area contributed by atoms with Crippen LogP contribution in [0.2, 0.25) is 0 Å². The Labute approximate surface area is 104 Å². The lowest BCUT2D eigenvalue weighted by molar-refractivity contribution is 0.481.